The quantitative estimate of drug-likeness (QED) is 0.788. The van der Waals surface area contributed by atoms with Crippen molar-refractivity contribution in [1.29, 1.82) is 0 Å². The average Bonchev–Trinajstić information content (AvgIpc) is 2.53. The molecule has 1 aromatic heterocycles. The standard InChI is InChI=1S/C16H18N4O/c1-3-15(21)19-8-10-20(11-9-19)16-12(2)17-13-6-4-5-7-14(13)18-16/h3-7H,1,8-11H2,2H3. The summed E-state index contributed by atoms with van der Waals surface area (Å²) in [6.45, 7) is 8.45. The SMILES string of the molecule is C=CC(=O)N1CCN(c2nc3ccccc3nc2C)CC1. The first-order valence-corrected chi connectivity index (χ1v) is 7.08. The average molecular weight is 282 g/mol. The molecule has 1 saturated heterocycles. The summed E-state index contributed by atoms with van der Waals surface area (Å²) in [6, 6.07) is 7.88. The fraction of sp³-hybridized carbons (Fsp3) is 0.312. The number of para-hydroxylation sites is 2. The number of anilines is 1. The molecule has 1 aromatic carbocycles. The van der Waals surface area contributed by atoms with Gasteiger partial charge in [-0.05, 0) is 25.1 Å². The molecule has 5 heteroatoms. The van der Waals surface area contributed by atoms with Gasteiger partial charge in [-0.3, -0.25) is 4.79 Å². The summed E-state index contributed by atoms with van der Waals surface area (Å²) in [4.78, 5) is 25.0. The number of fused-ring (bicyclic) bond motifs is 1. The molecule has 1 amide bonds. The van der Waals surface area contributed by atoms with E-state index in [4.69, 9.17) is 4.98 Å². The van der Waals surface area contributed by atoms with E-state index in [0.717, 1.165) is 35.6 Å². The van der Waals surface area contributed by atoms with Gasteiger partial charge in [-0.15, -0.1) is 0 Å². The zero-order valence-corrected chi connectivity index (χ0v) is 12.1. The van der Waals surface area contributed by atoms with Crippen molar-refractivity contribution in [2.75, 3.05) is 31.1 Å². The Morgan fingerprint density at radius 1 is 1.14 bits per heavy atom. The molecule has 1 aliphatic heterocycles. The van der Waals surface area contributed by atoms with E-state index in [2.05, 4.69) is 16.5 Å². The molecule has 108 valence electrons. The number of hydrogen-bond donors (Lipinski definition) is 0. The van der Waals surface area contributed by atoms with Crippen LogP contribution in [-0.4, -0.2) is 47.0 Å². The van der Waals surface area contributed by atoms with Crippen LogP contribution >= 0.6 is 0 Å². The van der Waals surface area contributed by atoms with Crippen LogP contribution in [-0.2, 0) is 4.79 Å². The van der Waals surface area contributed by atoms with Crippen molar-refractivity contribution in [2.45, 2.75) is 6.92 Å². The topological polar surface area (TPSA) is 49.3 Å². The van der Waals surface area contributed by atoms with Crippen LogP contribution < -0.4 is 4.90 Å². The second-order valence-electron chi connectivity index (χ2n) is 5.14. The summed E-state index contributed by atoms with van der Waals surface area (Å²) < 4.78 is 0. The zero-order chi connectivity index (χ0) is 14.8. The summed E-state index contributed by atoms with van der Waals surface area (Å²) in [5, 5.41) is 0. The molecule has 1 aliphatic rings. The fourth-order valence-corrected chi connectivity index (χ4v) is 2.65. The molecule has 0 N–H and O–H groups in total. The van der Waals surface area contributed by atoms with Crippen molar-refractivity contribution in [3.63, 3.8) is 0 Å². The van der Waals surface area contributed by atoms with Crippen molar-refractivity contribution in [3.05, 3.63) is 42.6 Å². The van der Waals surface area contributed by atoms with Crippen LogP contribution in [0.3, 0.4) is 0 Å². The van der Waals surface area contributed by atoms with Crippen LogP contribution in [0.25, 0.3) is 11.0 Å². The maximum atomic E-state index is 11.6. The van der Waals surface area contributed by atoms with Crippen molar-refractivity contribution in [3.8, 4) is 0 Å². The lowest BCUT2D eigenvalue weighted by Gasteiger charge is -2.35. The van der Waals surface area contributed by atoms with E-state index >= 15 is 0 Å². The lowest BCUT2D eigenvalue weighted by molar-refractivity contribution is -0.126. The van der Waals surface area contributed by atoms with Gasteiger partial charge in [0, 0.05) is 26.2 Å². The number of piperazine rings is 1. The molecular weight excluding hydrogens is 264 g/mol. The van der Waals surface area contributed by atoms with Crippen molar-refractivity contribution < 1.29 is 4.79 Å². The third kappa shape index (κ3) is 2.59. The Morgan fingerprint density at radius 2 is 1.76 bits per heavy atom. The van der Waals surface area contributed by atoms with E-state index in [1.807, 2.05) is 36.1 Å². The summed E-state index contributed by atoms with van der Waals surface area (Å²) in [5.74, 6) is 0.912. The molecule has 0 aliphatic carbocycles. The Bertz CT molecular complexity index is 690. The molecule has 0 radical (unpaired) electrons. The minimum atomic E-state index is -0.00373. The summed E-state index contributed by atoms with van der Waals surface area (Å²) in [6.07, 6.45) is 1.37. The molecule has 0 spiro atoms. The van der Waals surface area contributed by atoms with Crippen molar-refractivity contribution in [2.24, 2.45) is 0 Å². The molecule has 0 bridgehead atoms. The third-order valence-corrected chi connectivity index (χ3v) is 3.79. The van der Waals surface area contributed by atoms with Gasteiger partial charge < -0.3 is 9.80 Å². The zero-order valence-electron chi connectivity index (χ0n) is 12.1. The molecule has 5 nitrogen and oxygen atoms in total. The highest BCUT2D eigenvalue weighted by atomic mass is 16.2. The van der Waals surface area contributed by atoms with Gasteiger partial charge in [0.15, 0.2) is 5.82 Å². The molecule has 2 aromatic rings. The largest absolute Gasteiger partial charge is 0.352 e. The van der Waals surface area contributed by atoms with Gasteiger partial charge >= 0.3 is 0 Å². The number of nitrogens with zero attached hydrogens (tertiary/aromatic N) is 4. The van der Waals surface area contributed by atoms with Gasteiger partial charge in [0.25, 0.3) is 0 Å². The second kappa shape index (κ2) is 5.52. The number of aryl methyl sites for hydroxylation is 1. The van der Waals surface area contributed by atoms with E-state index < -0.39 is 0 Å². The van der Waals surface area contributed by atoms with Crippen LogP contribution in [0.15, 0.2) is 36.9 Å². The Hall–Kier alpha value is -2.43. The normalized spacial score (nSPS) is 15.3. The predicted molar refractivity (Wildman–Crippen MR) is 83.3 cm³/mol. The van der Waals surface area contributed by atoms with E-state index in [-0.39, 0.29) is 5.91 Å². The number of benzene rings is 1. The van der Waals surface area contributed by atoms with Gasteiger partial charge in [0.2, 0.25) is 5.91 Å². The van der Waals surface area contributed by atoms with Crippen LogP contribution in [0.2, 0.25) is 0 Å². The molecule has 0 atom stereocenters. The molecule has 0 unspecified atom stereocenters. The van der Waals surface area contributed by atoms with E-state index in [9.17, 15) is 4.79 Å². The minimum absolute atomic E-state index is 0.00373. The Morgan fingerprint density at radius 3 is 2.38 bits per heavy atom. The van der Waals surface area contributed by atoms with Gasteiger partial charge in [0.1, 0.15) is 0 Å². The van der Waals surface area contributed by atoms with Crippen molar-refractivity contribution >= 4 is 22.8 Å². The van der Waals surface area contributed by atoms with Crippen LogP contribution in [0, 0.1) is 6.92 Å². The fourth-order valence-electron chi connectivity index (χ4n) is 2.65. The molecule has 0 saturated carbocycles. The highest BCUT2D eigenvalue weighted by molar-refractivity contribution is 5.87. The van der Waals surface area contributed by atoms with Crippen molar-refractivity contribution in [1.82, 2.24) is 14.9 Å². The third-order valence-electron chi connectivity index (χ3n) is 3.79. The number of hydrogen-bond acceptors (Lipinski definition) is 4. The highest BCUT2D eigenvalue weighted by Crippen LogP contribution is 2.21. The van der Waals surface area contributed by atoms with E-state index in [0.29, 0.717) is 13.1 Å². The number of rotatable bonds is 2. The summed E-state index contributed by atoms with van der Waals surface area (Å²) >= 11 is 0. The predicted octanol–water partition coefficient (Wildman–Crippen LogP) is 1.77. The first kappa shape index (κ1) is 13.5. The van der Waals surface area contributed by atoms with Gasteiger partial charge in [-0.1, -0.05) is 18.7 Å². The summed E-state index contributed by atoms with van der Waals surface area (Å²) in [5.41, 5.74) is 2.75. The number of aromatic nitrogens is 2. The maximum absolute atomic E-state index is 11.6. The van der Waals surface area contributed by atoms with Gasteiger partial charge in [-0.2, -0.15) is 0 Å². The number of carbonyl (C=O) groups excluding carboxylic acids is 1. The molecule has 1 fully saturated rings. The highest BCUT2D eigenvalue weighted by Gasteiger charge is 2.22. The lowest BCUT2D eigenvalue weighted by Crippen LogP contribution is -2.48. The number of amides is 1. The smallest absolute Gasteiger partial charge is 0.246 e. The number of carbonyl (C=O) groups is 1. The van der Waals surface area contributed by atoms with Crippen LogP contribution in [0.4, 0.5) is 5.82 Å². The van der Waals surface area contributed by atoms with Crippen LogP contribution in [0.5, 0.6) is 0 Å². The van der Waals surface area contributed by atoms with Gasteiger partial charge in [-0.25, -0.2) is 9.97 Å². The van der Waals surface area contributed by atoms with Gasteiger partial charge in [0.05, 0.1) is 16.7 Å². The van der Waals surface area contributed by atoms with Crippen LogP contribution in [0.1, 0.15) is 5.69 Å². The minimum Gasteiger partial charge on any atom is -0.352 e. The molecule has 21 heavy (non-hydrogen) atoms. The second-order valence-corrected chi connectivity index (χ2v) is 5.14. The first-order valence-electron chi connectivity index (χ1n) is 7.08. The maximum Gasteiger partial charge on any atom is 0.246 e. The van der Waals surface area contributed by atoms with E-state index in [1.165, 1.54) is 6.08 Å². The molecular formula is C16H18N4O. The Balaban J connectivity index is 1.83. The summed E-state index contributed by atoms with van der Waals surface area (Å²) in [7, 11) is 0. The van der Waals surface area contributed by atoms with E-state index in [1.54, 1.807) is 0 Å². The lowest BCUT2D eigenvalue weighted by atomic mass is 10.2. The monoisotopic (exact) mass is 282 g/mol. The first-order chi connectivity index (χ1) is 10.2. The molecule has 3 rings (SSSR count). The Labute approximate surface area is 123 Å². The molecule has 2 heterocycles. The Kier molecular flexibility index (Phi) is 3.56.